The molecular formula is C18H15Cl2N3OS. The number of hydrogen-bond donors (Lipinski definition) is 1. The Kier molecular flexibility index (Phi) is 5.29. The predicted octanol–water partition coefficient (Wildman–Crippen LogP) is 4.79. The molecule has 1 atom stereocenters. The van der Waals surface area contributed by atoms with Crippen LogP contribution in [-0.4, -0.2) is 5.91 Å². The summed E-state index contributed by atoms with van der Waals surface area (Å²) in [7, 11) is 0. The Morgan fingerprint density at radius 3 is 2.56 bits per heavy atom. The van der Waals surface area contributed by atoms with Gasteiger partial charge in [0.2, 0.25) is 5.91 Å². The average molecular weight is 392 g/mol. The van der Waals surface area contributed by atoms with Crippen molar-refractivity contribution in [3.05, 3.63) is 44.4 Å². The minimum Gasteiger partial charge on any atom is -0.319 e. The van der Waals surface area contributed by atoms with Crippen LogP contribution < -0.4 is 5.32 Å². The second-order valence-electron chi connectivity index (χ2n) is 6.27. The smallest absolute Gasteiger partial charge is 0.243 e. The van der Waals surface area contributed by atoms with Crippen molar-refractivity contribution in [3.63, 3.8) is 0 Å². The topological polar surface area (TPSA) is 76.7 Å². The van der Waals surface area contributed by atoms with Crippen LogP contribution in [-0.2, 0) is 10.5 Å². The van der Waals surface area contributed by atoms with Gasteiger partial charge in [-0.25, -0.2) is 0 Å². The molecule has 1 amide bonds. The summed E-state index contributed by atoms with van der Waals surface area (Å²) < 4.78 is 0. The van der Waals surface area contributed by atoms with Crippen LogP contribution in [0.15, 0.2) is 28.8 Å². The highest BCUT2D eigenvalue weighted by Gasteiger charge is 2.52. The molecule has 1 aliphatic carbocycles. The van der Waals surface area contributed by atoms with Gasteiger partial charge in [-0.3, -0.25) is 4.79 Å². The third-order valence-corrected chi connectivity index (χ3v) is 6.69. The van der Waals surface area contributed by atoms with Crippen LogP contribution >= 0.6 is 35.0 Å². The third kappa shape index (κ3) is 3.25. The van der Waals surface area contributed by atoms with Gasteiger partial charge in [-0.15, -0.1) is 11.8 Å². The number of benzene rings is 1. The van der Waals surface area contributed by atoms with Crippen molar-refractivity contribution >= 4 is 40.9 Å². The summed E-state index contributed by atoms with van der Waals surface area (Å²) >= 11 is 13.4. The number of thioether (sulfide) groups is 1. The number of carbonyl (C=O) groups excluding carboxylic acids is 1. The first-order chi connectivity index (χ1) is 12.0. The molecule has 3 rings (SSSR count). The summed E-state index contributed by atoms with van der Waals surface area (Å²) in [6.07, 6.45) is 3.28. The van der Waals surface area contributed by atoms with E-state index in [1.54, 1.807) is 12.1 Å². The summed E-state index contributed by atoms with van der Waals surface area (Å²) in [5.74, 6) is -0.552. The fourth-order valence-electron chi connectivity index (χ4n) is 3.65. The van der Waals surface area contributed by atoms with Gasteiger partial charge in [0.05, 0.1) is 32.8 Å². The first kappa shape index (κ1) is 18.1. The Morgan fingerprint density at radius 1 is 1.24 bits per heavy atom. The molecule has 0 saturated heterocycles. The van der Waals surface area contributed by atoms with Crippen LogP contribution in [0.3, 0.4) is 0 Å². The third-order valence-electron chi connectivity index (χ3n) is 4.88. The minimum absolute atomic E-state index is 0.306. The number of hydrogen-bond acceptors (Lipinski definition) is 4. The van der Waals surface area contributed by atoms with Crippen molar-refractivity contribution < 1.29 is 4.79 Å². The van der Waals surface area contributed by atoms with E-state index in [9.17, 15) is 15.3 Å². The first-order valence-corrected chi connectivity index (χ1v) is 9.68. The second kappa shape index (κ2) is 7.30. The van der Waals surface area contributed by atoms with Crippen LogP contribution in [0.1, 0.15) is 31.2 Å². The second-order valence-corrected chi connectivity index (χ2v) is 8.07. The number of nitrogens with zero attached hydrogens (tertiary/aromatic N) is 2. The number of amides is 1. The maximum absolute atomic E-state index is 12.4. The normalized spacial score (nSPS) is 21.8. The average Bonchev–Trinajstić information content (AvgIpc) is 3.06. The van der Waals surface area contributed by atoms with Crippen LogP contribution in [0.25, 0.3) is 0 Å². The molecule has 1 aromatic rings. The molecule has 0 unspecified atom stereocenters. The zero-order valence-corrected chi connectivity index (χ0v) is 15.6. The van der Waals surface area contributed by atoms with Crippen molar-refractivity contribution in [2.24, 2.45) is 11.3 Å². The quantitative estimate of drug-likeness (QED) is 0.802. The van der Waals surface area contributed by atoms with Crippen LogP contribution in [0.5, 0.6) is 0 Å². The monoisotopic (exact) mass is 391 g/mol. The SMILES string of the molecule is N#CC1=C(SCc2ccc(Cl)c(Cl)c2)NC(=O)[C@H](C#N)C12CCCC2. The van der Waals surface area contributed by atoms with Gasteiger partial charge in [0.25, 0.3) is 0 Å². The van der Waals surface area contributed by atoms with E-state index in [2.05, 4.69) is 17.5 Å². The lowest BCUT2D eigenvalue weighted by Gasteiger charge is -2.37. The van der Waals surface area contributed by atoms with Gasteiger partial charge < -0.3 is 5.32 Å². The van der Waals surface area contributed by atoms with Crippen molar-refractivity contribution in [2.45, 2.75) is 31.4 Å². The van der Waals surface area contributed by atoms with E-state index >= 15 is 0 Å². The molecule has 1 heterocycles. The summed E-state index contributed by atoms with van der Waals surface area (Å²) in [5.41, 5.74) is 0.855. The van der Waals surface area contributed by atoms with E-state index in [1.165, 1.54) is 11.8 Å². The maximum Gasteiger partial charge on any atom is 0.243 e. The van der Waals surface area contributed by atoms with Gasteiger partial charge in [-0.05, 0) is 30.5 Å². The molecule has 4 nitrogen and oxygen atoms in total. The van der Waals surface area contributed by atoms with Gasteiger partial charge in [0, 0.05) is 11.2 Å². The Balaban J connectivity index is 1.92. The van der Waals surface area contributed by atoms with E-state index < -0.39 is 11.3 Å². The van der Waals surface area contributed by atoms with Gasteiger partial charge >= 0.3 is 0 Å². The van der Waals surface area contributed by atoms with Gasteiger partial charge in [-0.2, -0.15) is 10.5 Å². The molecule has 25 heavy (non-hydrogen) atoms. The molecule has 0 radical (unpaired) electrons. The molecule has 1 N–H and O–H groups in total. The highest BCUT2D eigenvalue weighted by Crippen LogP contribution is 2.53. The van der Waals surface area contributed by atoms with Crippen LogP contribution in [0.2, 0.25) is 10.0 Å². The Bertz CT molecular complexity index is 832. The Labute approximate surface area is 160 Å². The van der Waals surface area contributed by atoms with Gasteiger partial charge in [0.15, 0.2) is 0 Å². The predicted molar refractivity (Wildman–Crippen MR) is 98.5 cm³/mol. The molecule has 0 bridgehead atoms. The highest BCUT2D eigenvalue weighted by molar-refractivity contribution is 8.02. The largest absolute Gasteiger partial charge is 0.319 e. The summed E-state index contributed by atoms with van der Waals surface area (Å²) in [4.78, 5) is 12.4. The van der Waals surface area contributed by atoms with E-state index in [-0.39, 0.29) is 5.91 Å². The number of allylic oxidation sites excluding steroid dienone is 1. The fraction of sp³-hybridized carbons (Fsp3) is 0.389. The summed E-state index contributed by atoms with van der Waals surface area (Å²) in [5, 5.41) is 23.5. The number of nitrogens with one attached hydrogen (secondary N) is 1. The Morgan fingerprint density at radius 2 is 1.96 bits per heavy atom. The molecule has 0 aromatic heterocycles. The van der Waals surface area contributed by atoms with E-state index in [1.807, 2.05) is 6.07 Å². The van der Waals surface area contributed by atoms with Crippen LogP contribution in [0, 0.1) is 34.0 Å². The number of carbonyl (C=O) groups is 1. The highest BCUT2D eigenvalue weighted by atomic mass is 35.5. The molecule has 1 aliphatic heterocycles. The summed E-state index contributed by atoms with van der Waals surface area (Å²) in [6, 6.07) is 9.76. The van der Waals surface area contributed by atoms with Gasteiger partial charge in [-0.1, -0.05) is 42.1 Å². The molecule has 1 aromatic carbocycles. The lowest BCUT2D eigenvalue weighted by atomic mass is 9.67. The molecule has 1 saturated carbocycles. The van der Waals surface area contributed by atoms with Crippen molar-refractivity contribution in [2.75, 3.05) is 0 Å². The van der Waals surface area contributed by atoms with Gasteiger partial charge in [0.1, 0.15) is 5.92 Å². The number of rotatable bonds is 3. The minimum atomic E-state index is -0.793. The fourth-order valence-corrected chi connectivity index (χ4v) is 5.03. The van der Waals surface area contributed by atoms with E-state index in [4.69, 9.17) is 23.2 Å². The number of nitriles is 2. The van der Waals surface area contributed by atoms with Crippen LogP contribution in [0.4, 0.5) is 0 Å². The summed E-state index contributed by atoms with van der Waals surface area (Å²) in [6.45, 7) is 0. The standard InChI is InChI=1S/C18H15Cl2N3OS/c19-14-4-3-11(7-15(14)20)10-25-17-13(9-22)18(5-1-2-6-18)12(8-21)16(24)23-17/h3-4,7,12H,1-2,5-6,10H2,(H,23,24)/t12-/m0/s1. The molecular weight excluding hydrogens is 377 g/mol. The molecule has 1 spiro atoms. The molecule has 7 heteroatoms. The molecule has 128 valence electrons. The zero-order chi connectivity index (χ0) is 18.0. The Hall–Kier alpha value is -1.66. The zero-order valence-electron chi connectivity index (χ0n) is 13.3. The number of halogens is 2. The molecule has 1 fully saturated rings. The first-order valence-electron chi connectivity index (χ1n) is 7.94. The van der Waals surface area contributed by atoms with E-state index in [0.717, 1.165) is 18.4 Å². The van der Waals surface area contributed by atoms with Crippen molar-refractivity contribution in [1.29, 1.82) is 10.5 Å². The molecule has 2 aliphatic rings. The lowest BCUT2D eigenvalue weighted by molar-refractivity contribution is -0.126. The van der Waals surface area contributed by atoms with E-state index in [0.29, 0.717) is 39.2 Å². The van der Waals surface area contributed by atoms with Crippen molar-refractivity contribution in [1.82, 2.24) is 5.32 Å². The maximum atomic E-state index is 12.4. The van der Waals surface area contributed by atoms with Crippen molar-refractivity contribution in [3.8, 4) is 12.1 Å². The lowest BCUT2D eigenvalue weighted by Crippen LogP contribution is -2.46.